The molecule has 0 spiro atoms. The maximum absolute atomic E-state index is 12.2. The topological polar surface area (TPSA) is 78.9 Å². The number of carboxylic acid groups (broad SMARTS) is 1. The zero-order valence-corrected chi connectivity index (χ0v) is 11.6. The van der Waals surface area contributed by atoms with Crippen molar-refractivity contribution in [1.29, 1.82) is 0 Å². The Labute approximate surface area is 118 Å². The van der Waals surface area contributed by atoms with Gasteiger partial charge < -0.3 is 20.1 Å². The summed E-state index contributed by atoms with van der Waals surface area (Å²) in [5.41, 5.74) is -0.693. The third-order valence-corrected chi connectivity index (χ3v) is 5.09. The van der Waals surface area contributed by atoms with E-state index in [0.717, 1.165) is 32.3 Å². The van der Waals surface area contributed by atoms with Crippen molar-refractivity contribution in [2.45, 2.75) is 38.2 Å². The lowest BCUT2D eigenvalue weighted by atomic mass is 9.81. The molecule has 6 heteroatoms. The summed E-state index contributed by atoms with van der Waals surface area (Å²) in [6.07, 6.45) is 4.73. The zero-order chi connectivity index (χ0) is 14.2. The molecule has 3 rings (SSSR count). The van der Waals surface area contributed by atoms with Gasteiger partial charge in [-0.25, -0.2) is 4.79 Å². The van der Waals surface area contributed by atoms with Gasteiger partial charge in [-0.2, -0.15) is 0 Å². The van der Waals surface area contributed by atoms with Crippen LogP contribution in [-0.4, -0.2) is 54.4 Å². The molecule has 1 unspecified atom stereocenters. The quantitative estimate of drug-likeness (QED) is 0.811. The lowest BCUT2D eigenvalue weighted by Crippen LogP contribution is -2.43. The van der Waals surface area contributed by atoms with Gasteiger partial charge in [-0.3, -0.25) is 4.79 Å². The first kappa shape index (κ1) is 13.7. The number of fused-ring (bicyclic) bond motifs is 1. The Kier molecular flexibility index (Phi) is 3.58. The van der Waals surface area contributed by atoms with E-state index in [9.17, 15) is 14.7 Å². The number of nitrogens with one attached hydrogen (secondary N) is 1. The molecular formula is C14H22N2O4. The van der Waals surface area contributed by atoms with E-state index in [2.05, 4.69) is 5.32 Å². The molecule has 0 aromatic rings. The number of rotatable bonds is 3. The number of urea groups is 1. The second-order valence-electron chi connectivity index (χ2n) is 6.25. The molecule has 3 atom stereocenters. The van der Waals surface area contributed by atoms with E-state index in [1.165, 1.54) is 0 Å². The molecule has 0 bridgehead atoms. The predicted molar refractivity (Wildman–Crippen MR) is 71.4 cm³/mol. The molecule has 112 valence electrons. The number of carbonyl (C=O) groups excluding carboxylic acids is 1. The van der Waals surface area contributed by atoms with Crippen LogP contribution in [-0.2, 0) is 9.53 Å². The van der Waals surface area contributed by atoms with Gasteiger partial charge in [0.1, 0.15) is 0 Å². The molecule has 2 saturated heterocycles. The predicted octanol–water partition coefficient (Wildman–Crippen LogP) is 1.06. The minimum Gasteiger partial charge on any atom is -0.481 e. The summed E-state index contributed by atoms with van der Waals surface area (Å²) in [5.74, 6) is -0.622. The first-order valence-electron chi connectivity index (χ1n) is 7.49. The largest absolute Gasteiger partial charge is 0.481 e. The van der Waals surface area contributed by atoms with Crippen molar-refractivity contribution in [3.8, 4) is 0 Å². The van der Waals surface area contributed by atoms with E-state index in [1.54, 1.807) is 4.90 Å². The molecule has 2 aliphatic heterocycles. The van der Waals surface area contributed by atoms with Crippen LogP contribution < -0.4 is 5.32 Å². The molecule has 3 fully saturated rings. The highest BCUT2D eigenvalue weighted by molar-refractivity contribution is 5.80. The molecule has 2 heterocycles. The van der Waals surface area contributed by atoms with Crippen molar-refractivity contribution in [1.82, 2.24) is 10.2 Å². The van der Waals surface area contributed by atoms with Gasteiger partial charge in [-0.1, -0.05) is 6.42 Å². The highest BCUT2D eigenvalue weighted by atomic mass is 16.5. The molecular weight excluding hydrogens is 260 g/mol. The van der Waals surface area contributed by atoms with E-state index in [4.69, 9.17) is 4.74 Å². The van der Waals surface area contributed by atoms with E-state index in [0.29, 0.717) is 26.1 Å². The zero-order valence-electron chi connectivity index (χ0n) is 11.6. The second-order valence-corrected chi connectivity index (χ2v) is 6.25. The fraction of sp³-hybridized carbons (Fsp3) is 0.857. The Balaban J connectivity index is 1.56. The summed E-state index contributed by atoms with van der Waals surface area (Å²) < 4.78 is 5.47. The van der Waals surface area contributed by atoms with Gasteiger partial charge in [0.15, 0.2) is 0 Å². The van der Waals surface area contributed by atoms with Gasteiger partial charge in [-0.05, 0) is 31.6 Å². The van der Waals surface area contributed by atoms with Crippen molar-refractivity contribution in [2.24, 2.45) is 11.3 Å². The van der Waals surface area contributed by atoms with E-state index in [-0.39, 0.29) is 18.1 Å². The molecule has 6 nitrogen and oxygen atoms in total. The number of hydrogen-bond donors (Lipinski definition) is 2. The summed E-state index contributed by atoms with van der Waals surface area (Å²) in [5, 5.41) is 12.4. The number of carbonyl (C=O) groups is 2. The Morgan fingerprint density at radius 1 is 1.35 bits per heavy atom. The van der Waals surface area contributed by atoms with Crippen molar-refractivity contribution in [2.75, 3.05) is 26.2 Å². The first-order valence-corrected chi connectivity index (χ1v) is 7.49. The number of likely N-dealkylation sites (tertiary alicyclic amines) is 1. The first-order chi connectivity index (χ1) is 9.62. The second kappa shape index (κ2) is 5.24. The molecule has 3 aliphatic rings. The smallest absolute Gasteiger partial charge is 0.317 e. The molecule has 1 aliphatic carbocycles. The van der Waals surface area contributed by atoms with E-state index >= 15 is 0 Å². The molecule has 2 amide bonds. The maximum atomic E-state index is 12.2. The minimum atomic E-state index is -0.741. The average molecular weight is 282 g/mol. The van der Waals surface area contributed by atoms with Crippen molar-refractivity contribution < 1.29 is 19.4 Å². The SMILES string of the molecule is O=C(NCC1CCCO1)N1C[C@@H]2CCC[C@@]2(C(=O)O)C1. The lowest BCUT2D eigenvalue weighted by Gasteiger charge is -2.23. The number of carboxylic acids is 1. The molecule has 2 N–H and O–H groups in total. The van der Waals surface area contributed by atoms with Crippen LogP contribution in [0.15, 0.2) is 0 Å². The fourth-order valence-corrected chi connectivity index (χ4v) is 3.91. The fourth-order valence-electron chi connectivity index (χ4n) is 3.91. The standard InChI is InChI=1S/C14H22N2O4/c17-12(18)14-5-1-3-10(14)8-16(9-14)13(19)15-7-11-4-2-6-20-11/h10-11H,1-9H2,(H,15,19)(H,17,18)/t10-,11?,14+/m0/s1. The molecule has 0 radical (unpaired) electrons. The van der Waals surface area contributed by atoms with Crippen LogP contribution in [0, 0.1) is 11.3 Å². The van der Waals surface area contributed by atoms with Crippen LogP contribution >= 0.6 is 0 Å². The van der Waals surface area contributed by atoms with Crippen LogP contribution in [0.3, 0.4) is 0 Å². The third-order valence-electron chi connectivity index (χ3n) is 5.09. The number of nitrogens with zero attached hydrogens (tertiary/aromatic N) is 1. The number of amides is 2. The highest BCUT2D eigenvalue weighted by Crippen LogP contribution is 2.48. The summed E-state index contributed by atoms with van der Waals surface area (Å²) in [6, 6.07) is -0.143. The monoisotopic (exact) mass is 282 g/mol. The summed E-state index contributed by atoms with van der Waals surface area (Å²) in [6.45, 7) is 2.22. The number of hydrogen-bond acceptors (Lipinski definition) is 3. The Morgan fingerprint density at radius 3 is 2.85 bits per heavy atom. The Bertz CT molecular complexity index is 408. The summed E-state index contributed by atoms with van der Waals surface area (Å²) in [4.78, 5) is 25.4. The van der Waals surface area contributed by atoms with E-state index in [1.807, 2.05) is 0 Å². The molecule has 20 heavy (non-hydrogen) atoms. The minimum absolute atomic E-state index is 0.119. The van der Waals surface area contributed by atoms with Gasteiger partial charge in [0.25, 0.3) is 0 Å². The van der Waals surface area contributed by atoms with Crippen molar-refractivity contribution in [3.05, 3.63) is 0 Å². The third kappa shape index (κ3) is 2.26. The van der Waals surface area contributed by atoms with Crippen LogP contribution in [0.25, 0.3) is 0 Å². The van der Waals surface area contributed by atoms with Gasteiger partial charge in [0.05, 0.1) is 11.5 Å². The van der Waals surface area contributed by atoms with Gasteiger partial charge in [-0.15, -0.1) is 0 Å². The van der Waals surface area contributed by atoms with Crippen LogP contribution in [0.1, 0.15) is 32.1 Å². The summed E-state index contributed by atoms with van der Waals surface area (Å²) >= 11 is 0. The van der Waals surface area contributed by atoms with Crippen LogP contribution in [0.4, 0.5) is 4.79 Å². The molecule has 1 saturated carbocycles. The normalized spacial score (nSPS) is 36.1. The maximum Gasteiger partial charge on any atom is 0.317 e. The van der Waals surface area contributed by atoms with Gasteiger partial charge in [0, 0.05) is 26.2 Å². The van der Waals surface area contributed by atoms with Crippen molar-refractivity contribution >= 4 is 12.0 Å². The van der Waals surface area contributed by atoms with E-state index < -0.39 is 11.4 Å². The number of ether oxygens (including phenoxy) is 1. The van der Waals surface area contributed by atoms with Gasteiger partial charge in [0.2, 0.25) is 0 Å². The van der Waals surface area contributed by atoms with Crippen molar-refractivity contribution in [3.63, 3.8) is 0 Å². The summed E-state index contributed by atoms with van der Waals surface area (Å²) in [7, 11) is 0. The molecule has 0 aromatic carbocycles. The van der Waals surface area contributed by atoms with Crippen LogP contribution in [0.5, 0.6) is 0 Å². The Hall–Kier alpha value is -1.30. The lowest BCUT2D eigenvalue weighted by molar-refractivity contribution is -0.149. The number of aliphatic carboxylic acids is 1. The van der Waals surface area contributed by atoms with Crippen LogP contribution in [0.2, 0.25) is 0 Å². The average Bonchev–Trinajstić information content (AvgIpc) is 3.10. The highest BCUT2D eigenvalue weighted by Gasteiger charge is 2.55. The van der Waals surface area contributed by atoms with Gasteiger partial charge >= 0.3 is 12.0 Å². The molecule has 0 aromatic heterocycles. The Morgan fingerprint density at radius 2 is 2.20 bits per heavy atom.